The van der Waals surface area contributed by atoms with Crippen LogP contribution in [-0.2, 0) is 4.74 Å². The van der Waals surface area contributed by atoms with E-state index in [4.69, 9.17) is 10.3 Å². The van der Waals surface area contributed by atoms with Crippen LogP contribution in [0.15, 0.2) is 5.11 Å². The Kier molecular flexibility index (Phi) is 7.79. The SMILES string of the molecule is C[C@H](CCCO)C1CCC2C3CCC4CCCC[C@]4(C)C3C[C@H](OCCCN=[N+]=[N-])[C@@]21C. The predicted molar refractivity (Wildman–Crippen MR) is 129 cm³/mol. The Bertz CT molecular complexity index is 680. The molecule has 1 N–H and O–H groups in total. The summed E-state index contributed by atoms with van der Waals surface area (Å²) in [4.78, 5) is 2.91. The molecule has 0 amide bonds. The second kappa shape index (κ2) is 10.2. The summed E-state index contributed by atoms with van der Waals surface area (Å²) in [6.45, 7) is 9.20. The highest BCUT2D eigenvalue weighted by atomic mass is 16.5. The lowest BCUT2D eigenvalue weighted by molar-refractivity contribution is -0.185. The maximum atomic E-state index is 9.43. The number of nitrogens with zero attached hydrogens (tertiary/aromatic N) is 3. The van der Waals surface area contributed by atoms with E-state index in [0.717, 1.165) is 42.9 Å². The quantitative estimate of drug-likeness (QED) is 0.177. The molecule has 4 aliphatic carbocycles. The molecule has 0 spiro atoms. The van der Waals surface area contributed by atoms with Crippen molar-refractivity contribution >= 4 is 0 Å². The summed E-state index contributed by atoms with van der Waals surface area (Å²) in [6, 6.07) is 0. The Hall–Kier alpha value is -0.770. The number of rotatable bonds is 9. The Morgan fingerprint density at radius 3 is 2.72 bits per heavy atom. The molecule has 0 radical (unpaired) electrons. The Morgan fingerprint density at radius 1 is 1.09 bits per heavy atom. The highest BCUT2D eigenvalue weighted by Crippen LogP contribution is 2.68. The maximum absolute atomic E-state index is 9.43. The van der Waals surface area contributed by atoms with Gasteiger partial charge in [-0.15, -0.1) is 0 Å². The van der Waals surface area contributed by atoms with Crippen LogP contribution in [0.25, 0.3) is 10.4 Å². The highest BCUT2D eigenvalue weighted by molar-refractivity contribution is 5.12. The standard InChI is InChI=1S/C27H47N3O2/c1-19(8-6-16-31)22-12-13-23-21-11-10-20-9-4-5-14-26(20,2)24(21)18-25(27(22,23)3)32-17-7-15-29-30-28/h19-25,31H,4-18H2,1-3H3/t19-,20?,21?,22?,23?,24?,25+,26+,27-/m1/s1. The van der Waals surface area contributed by atoms with Gasteiger partial charge in [0.05, 0.1) is 6.10 Å². The van der Waals surface area contributed by atoms with Crippen molar-refractivity contribution in [3.63, 3.8) is 0 Å². The van der Waals surface area contributed by atoms with Crippen molar-refractivity contribution in [2.45, 2.75) is 104 Å². The first kappa shape index (κ1) is 24.4. The van der Waals surface area contributed by atoms with Crippen molar-refractivity contribution in [1.82, 2.24) is 0 Å². The molecule has 0 aromatic heterocycles. The third kappa shape index (κ3) is 4.23. The highest BCUT2D eigenvalue weighted by Gasteiger charge is 2.63. The fraction of sp³-hybridized carbons (Fsp3) is 1.00. The largest absolute Gasteiger partial charge is 0.396 e. The van der Waals surface area contributed by atoms with E-state index in [1.54, 1.807) is 0 Å². The van der Waals surface area contributed by atoms with Crippen LogP contribution in [0.2, 0.25) is 0 Å². The van der Waals surface area contributed by atoms with Crippen LogP contribution in [0.4, 0.5) is 0 Å². The normalized spacial score (nSPS) is 44.1. The maximum Gasteiger partial charge on any atom is 0.0637 e. The summed E-state index contributed by atoms with van der Waals surface area (Å²) in [6.07, 6.45) is 15.7. The fourth-order valence-corrected chi connectivity index (χ4v) is 9.46. The minimum absolute atomic E-state index is 0.242. The lowest BCUT2D eigenvalue weighted by Gasteiger charge is -2.62. The third-order valence-corrected chi connectivity index (χ3v) is 11.0. The lowest BCUT2D eigenvalue weighted by Crippen LogP contribution is -2.58. The van der Waals surface area contributed by atoms with E-state index in [1.807, 2.05) is 0 Å². The summed E-state index contributed by atoms with van der Waals surface area (Å²) in [5.74, 6) is 4.73. The van der Waals surface area contributed by atoms with Gasteiger partial charge in [0.15, 0.2) is 0 Å². The average Bonchev–Trinajstić information content (AvgIpc) is 3.15. The minimum atomic E-state index is 0.242. The molecular weight excluding hydrogens is 398 g/mol. The number of hydrogen-bond donors (Lipinski definition) is 1. The first-order chi connectivity index (χ1) is 15.5. The Balaban J connectivity index is 1.59. The summed E-state index contributed by atoms with van der Waals surface area (Å²) >= 11 is 0. The van der Waals surface area contributed by atoms with Gasteiger partial charge >= 0.3 is 0 Å². The van der Waals surface area contributed by atoms with Gasteiger partial charge in [0.2, 0.25) is 0 Å². The van der Waals surface area contributed by atoms with Gasteiger partial charge < -0.3 is 9.84 Å². The monoisotopic (exact) mass is 445 g/mol. The lowest BCUT2D eigenvalue weighted by atomic mass is 9.44. The van der Waals surface area contributed by atoms with Crippen LogP contribution in [0.5, 0.6) is 0 Å². The summed E-state index contributed by atoms with van der Waals surface area (Å²) < 4.78 is 6.77. The predicted octanol–water partition coefficient (Wildman–Crippen LogP) is 7.14. The zero-order chi connectivity index (χ0) is 22.8. The first-order valence-electron chi connectivity index (χ1n) is 13.7. The van der Waals surface area contributed by atoms with Gasteiger partial charge in [0.25, 0.3) is 0 Å². The second-order valence-electron chi connectivity index (χ2n) is 12.2. The zero-order valence-corrected chi connectivity index (χ0v) is 20.8. The van der Waals surface area contributed by atoms with Crippen LogP contribution >= 0.6 is 0 Å². The van der Waals surface area contributed by atoms with E-state index in [2.05, 4.69) is 30.8 Å². The van der Waals surface area contributed by atoms with Gasteiger partial charge in [-0.25, -0.2) is 0 Å². The molecular formula is C27H47N3O2. The molecule has 0 bridgehead atoms. The van der Waals surface area contributed by atoms with E-state index in [0.29, 0.717) is 43.1 Å². The number of hydrogen-bond acceptors (Lipinski definition) is 3. The number of fused-ring (bicyclic) bond motifs is 5. The van der Waals surface area contributed by atoms with Crippen molar-refractivity contribution in [1.29, 1.82) is 0 Å². The fourth-order valence-electron chi connectivity index (χ4n) is 9.46. The number of azide groups is 1. The van der Waals surface area contributed by atoms with Crippen LogP contribution in [-0.4, -0.2) is 31.0 Å². The van der Waals surface area contributed by atoms with Crippen LogP contribution in [0.3, 0.4) is 0 Å². The molecule has 0 aromatic rings. The molecule has 0 saturated heterocycles. The van der Waals surface area contributed by atoms with Gasteiger partial charge in [0, 0.05) is 24.7 Å². The Labute approximate surface area is 195 Å². The topological polar surface area (TPSA) is 78.2 Å². The number of aliphatic hydroxyl groups is 1. The van der Waals surface area contributed by atoms with Crippen molar-refractivity contribution in [3.05, 3.63) is 10.4 Å². The minimum Gasteiger partial charge on any atom is -0.396 e. The smallest absolute Gasteiger partial charge is 0.0637 e. The van der Waals surface area contributed by atoms with Crippen molar-refractivity contribution < 1.29 is 9.84 Å². The molecule has 5 unspecified atom stereocenters. The van der Waals surface area contributed by atoms with Crippen molar-refractivity contribution in [2.75, 3.05) is 19.8 Å². The van der Waals surface area contributed by atoms with E-state index in [1.165, 1.54) is 57.8 Å². The average molecular weight is 446 g/mol. The molecule has 0 aliphatic heterocycles. The molecule has 5 nitrogen and oxygen atoms in total. The van der Waals surface area contributed by atoms with E-state index in [-0.39, 0.29) is 5.41 Å². The molecule has 4 fully saturated rings. The summed E-state index contributed by atoms with van der Waals surface area (Å²) in [5.41, 5.74) is 9.36. The molecule has 4 rings (SSSR count). The van der Waals surface area contributed by atoms with Gasteiger partial charge in [-0.05, 0) is 116 Å². The summed E-state index contributed by atoms with van der Waals surface area (Å²) in [7, 11) is 0. The van der Waals surface area contributed by atoms with Gasteiger partial charge in [0.1, 0.15) is 0 Å². The second-order valence-corrected chi connectivity index (χ2v) is 12.2. The number of aliphatic hydroxyl groups excluding tert-OH is 1. The van der Waals surface area contributed by atoms with Crippen molar-refractivity contribution in [2.24, 2.45) is 51.5 Å². The van der Waals surface area contributed by atoms with E-state index in [9.17, 15) is 5.11 Å². The van der Waals surface area contributed by atoms with Gasteiger partial charge in [-0.1, -0.05) is 38.7 Å². The van der Waals surface area contributed by atoms with Crippen LogP contribution in [0.1, 0.15) is 97.8 Å². The van der Waals surface area contributed by atoms with Gasteiger partial charge in [-0.3, -0.25) is 0 Å². The number of ether oxygens (including phenoxy) is 1. The molecule has 0 heterocycles. The molecule has 9 atom stereocenters. The Morgan fingerprint density at radius 2 is 1.94 bits per heavy atom. The zero-order valence-electron chi connectivity index (χ0n) is 20.8. The molecule has 5 heteroatoms. The third-order valence-electron chi connectivity index (χ3n) is 11.0. The molecule has 32 heavy (non-hydrogen) atoms. The van der Waals surface area contributed by atoms with E-state index >= 15 is 0 Å². The van der Waals surface area contributed by atoms with Crippen LogP contribution in [0, 0.1) is 46.3 Å². The van der Waals surface area contributed by atoms with E-state index < -0.39 is 0 Å². The molecule has 4 saturated carbocycles. The summed E-state index contributed by atoms with van der Waals surface area (Å²) in [5, 5.41) is 13.1. The first-order valence-corrected chi connectivity index (χ1v) is 13.7. The van der Waals surface area contributed by atoms with Crippen LogP contribution < -0.4 is 0 Å². The molecule has 4 aliphatic rings. The van der Waals surface area contributed by atoms with Gasteiger partial charge in [-0.2, -0.15) is 0 Å². The molecule has 182 valence electrons. The molecule has 0 aromatic carbocycles. The van der Waals surface area contributed by atoms with Crippen molar-refractivity contribution in [3.8, 4) is 0 Å².